The summed E-state index contributed by atoms with van der Waals surface area (Å²) in [5.41, 5.74) is 2.15. The second-order valence-corrected chi connectivity index (χ2v) is 6.94. The molecule has 0 saturated heterocycles. The van der Waals surface area contributed by atoms with E-state index in [1.165, 1.54) is 18.3 Å². The Labute approximate surface area is 131 Å². The maximum atomic E-state index is 12.4. The zero-order chi connectivity index (χ0) is 15.6. The average Bonchev–Trinajstić information content (AvgIpc) is 2.44. The third kappa shape index (κ3) is 3.23. The van der Waals surface area contributed by atoms with Crippen molar-refractivity contribution >= 4 is 31.6 Å². The molecule has 1 aromatic carbocycles. The lowest BCUT2D eigenvalue weighted by molar-refractivity contribution is 0.600. The molecule has 0 spiro atoms. The fourth-order valence-corrected chi connectivity index (χ4v) is 3.28. The highest BCUT2D eigenvalue weighted by molar-refractivity contribution is 9.10. The SMILES string of the molecule is Cc1cc(NS(=O)(=O)c2cccnc2C#N)cc(C)c1Br. The van der Waals surface area contributed by atoms with Crippen molar-refractivity contribution in [1.82, 2.24) is 4.98 Å². The first-order chi connectivity index (χ1) is 9.85. The quantitative estimate of drug-likeness (QED) is 0.905. The highest BCUT2D eigenvalue weighted by Gasteiger charge is 2.19. The second-order valence-electron chi connectivity index (χ2n) is 4.49. The third-order valence-electron chi connectivity index (χ3n) is 2.85. The van der Waals surface area contributed by atoms with Crippen molar-refractivity contribution in [2.75, 3.05) is 4.72 Å². The van der Waals surface area contributed by atoms with Gasteiger partial charge in [-0.05, 0) is 49.2 Å². The number of pyridine rings is 1. The standard InChI is InChI=1S/C14H12BrN3O2S/c1-9-6-11(7-10(2)14(9)15)18-21(19,20)13-4-3-5-17-12(13)8-16/h3-7,18H,1-2H3. The van der Waals surface area contributed by atoms with Gasteiger partial charge in [-0.3, -0.25) is 4.72 Å². The van der Waals surface area contributed by atoms with Crippen molar-refractivity contribution in [2.24, 2.45) is 0 Å². The van der Waals surface area contributed by atoms with E-state index in [1.807, 2.05) is 13.8 Å². The molecule has 0 aliphatic rings. The van der Waals surface area contributed by atoms with Crippen molar-refractivity contribution in [1.29, 1.82) is 5.26 Å². The van der Waals surface area contributed by atoms with Gasteiger partial charge in [-0.15, -0.1) is 0 Å². The average molecular weight is 366 g/mol. The van der Waals surface area contributed by atoms with Crippen LogP contribution in [0.5, 0.6) is 0 Å². The summed E-state index contributed by atoms with van der Waals surface area (Å²) in [7, 11) is -3.85. The summed E-state index contributed by atoms with van der Waals surface area (Å²) in [5.74, 6) is 0. The molecule has 2 aromatic rings. The molecule has 1 N–H and O–H groups in total. The molecular weight excluding hydrogens is 354 g/mol. The van der Waals surface area contributed by atoms with Gasteiger partial charge in [-0.25, -0.2) is 13.4 Å². The maximum absolute atomic E-state index is 12.4. The van der Waals surface area contributed by atoms with Crippen LogP contribution in [0.4, 0.5) is 5.69 Å². The van der Waals surface area contributed by atoms with E-state index in [2.05, 4.69) is 25.6 Å². The summed E-state index contributed by atoms with van der Waals surface area (Å²) in [6.07, 6.45) is 1.38. The largest absolute Gasteiger partial charge is 0.280 e. The molecule has 0 saturated carbocycles. The maximum Gasteiger partial charge on any atom is 0.264 e. The number of hydrogen-bond acceptors (Lipinski definition) is 4. The zero-order valence-corrected chi connectivity index (χ0v) is 13.8. The number of aromatic nitrogens is 1. The number of anilines is 1. The van der Waals surface area contributed by atoms with Crippen LogP contribution in [0.1, 0.15) is 16.8 Å². The molecule has 1 heterocycles. The Morgan fingerprint density at radius 3 is 2.48 bits per heavy atom. The lowest BCUT2D eigenvalue weighted by Crippen LogP contribution is -2.15. The van der Waals surface area contributed by atoms with Crippen LogP contribution >= 0.6 is 15.9 Å². The molecule has 1 aromatic heterocycles. The monoisotopic (exact) mass is 365 g/mol. The highest BCUT2D eigenvalue weighted by atomic mass is 79.9. The first-order valence-corrected chi connectivity index (χ1v) is 8.27. The van der Waals surface area contributed by atoms with Gasteiger partial charge in [0.05, 0.1) is 0 Å². The number of hydrogen-bond donors (Lipinski definition) is 1. The first-order valence-electron chi connectivity index (χ1n) is 6.00. The van der Waals surface area contributed by atoms with Crippen molar-refractivity contribution in [3.63, 3.8) is 0 Å². The fourth-order valence-electron chi connectivity index (χ4n) is 1.91. The van der Waals surface area contributed by atoms with Gasteiger partial charge in [0.2, 0.25) is 0 Å². The lowest BCUT2D eigenvalue weighted by atomic mass is 10.1. The highest BCUT2D eigenvalue weighted by Crippen LogP contribution is 2.26. The Balaban J connectivity index is 2.46. The van der Waals surface area contributed by atoms with Gasteiger partial charge in [-0.1, -0.05) is 15.9 Å². The smallest absolute Gasteiger partial charge is 0.264 e. The van der Waals surface area contributed by atoms with Gasteiger partial charge in [0, 0.05) is 16.4 Å². The van der Waals surface area contributed by atoms with Crippen LogP contribution in [0, 0.1) is 25.2 Å². The van der Waals surface area contributed by atoms with E-state index in [1.54, 1.807) is 18.2 Å². The summed E-state index contributed by atoms with van der Waals surface area (Å²) in [5, 5.41) is 8.96. The number of benzene rings is 1. The van der Waals surface area contributed by atoms with Gasteiger partial charge >= 0.3 is 0 Å². The molecule has 7 heteroatoms. The van der Waals surface area contributed by atoms with Gasteiger partial charge in [0.1, 0.15) is 11.0 Å². The van der Waals surface area contributed by atoms with E-state index < -0.39 is 10.0 Å². The third-order valence-corrected chi connectivity index (χ3v) is 5.52. The van der Waals surface area contributed by atoms with Crippen LogP contribution in [-0.2, 0) is 10.0 Å². The van der Waals surface area contributed by atoms with Crippen LogP contribution in [0.25, 0.3) is 0 Å². The van der Waals surface area contributed by atoms with Crippen molar-refractivity contribution in [3.8, 4) is 6.07 Å². The molecule has 5 nitrogen and oxygen atoms in total. The molecule has 108 valence electrons. The van der Waals surface area contributed by atoms with Crippen LogP contribution < -0.4 is 4.72 Å². The Morgan fingerprint density at radius 1 is 1.29 bits per heavy atom. The van der Waals surface area contributed by atoms with Crippen LogP contribution in [0.2, 0.25) is 0 Å². The Hall–Kier alpha value is -1.91. The molecule has 0 aliphatic heterocycles. The van der Waals surface area contributed by atoms with Gasteiger partial charge in [-0.2, -0.15) is 5.26 Å². The molecular formula is C14H12BrN3O2S. The van der Waals surface area contributed by atoms with E-state index in [9.17, 15) is 8.42 Å². The molecule has 0 aliphatic carbocycles. The number of halogens is 1. The Bertz CT molecular complexity index is 819. The van der Waals surface area contributed by atoms with Crippen molar-refractivity contribution in [3.05, 3.63) is 51.8 Å². The number of nitrogens with zero attached hydrogens (tertiary/aromatic N) is 2. The molecule has 0 amide bonds. The molecule has 0 unspecified atom stereocenters. The van der Waals surface area contributed by atoms with Gasteiger partial charge < -0.3 is 0 Å². The predicted molar refractivity (Wildman–Crippen MR) is 83.4 cm³/mol. The fraction of sp³-hybridized carbons (Fsp3) is 0.143. The van der Waals surface area contributed by atoms with Crippen LogP contribution in [0.3, 0.4) is 0 Å². The molecule has 21 heavy (non-hydrogen) atoms. The normalized spacial score (nSPS) is 11.0. The summed E-state index contributed by atoms with van der Waals surface area (Å²) in [6.45, 7) is 3.75. The first kappa shape index (κ1) is 15.5. The summed E-state index contributed by atoms with van der Waals surface area (Å²) in [6, 6.07) is 8.05. The second kappa shape index (κ2) is 5.84. The number of nitrogens with one attached hydrogen (secondary N) is 1. The minimum absolute atomic E-state index is 0.129. The number of nitriles is 1. The van der Waals surface area contributed by atoms with Crippen LogP contribution in [0.15, 0.2) is 39.8 Å². The van der Waals surface area contributed by atoms with E-state index >= 15 is 0 Å². The number of aryl methyl sites for hydroxylation is 2. The van der Waals surface area contributed by atoms with Crippen molar-refractivity contribution in [2.45, 2.75) is 18.7 Å². The Kier molecular flexibility index (Phi) is 4.30. The zero-order valence-electron chi connectivity index (χ0n) is 11.4. The summed E-state index contributed by atoms with van der Waals surface area (Å²) >= 11 is 3.43. The van der Waals surface area contributed by atoms with Gasteiger partial charge in [0.25, 0.3) is 10.0 Å². The van der Waals surface area contributed by atoms with E-state index in [-0.39, 0.29) is 10.6 Å². The Morgan fingerprint density at radius 2 is 1.90 bits per heavy atom. The van der Waals surface area contributed by atoms with Crippen molar-refractivity contribution < 1.29 is 8.42 Å². The molecule has 0 radical (unpaired) electrons. The number of rotatable bonds is 3. The molecule has 2 rings (SSSR count). The minimum atomic E-state index is -3.85. The topological polar surface area (TPSA) is 82.8 Å². The van der Waals surface area contributed by atoms with E-state index in [4.69, 9.17) is 5.26 Å². The van der Waals surface area contributed by atoms with Gasteiger partial charge in [0.15, 0.2) is 5.69 Å². The molecule has 0 atom stereocenters. The molecule has 0 bridgehead atoms. The summed E-state index contributed by atoms with van der Waals surface area (Å²) in [4.78, 5) is 3.63. The van der Waals surface area contributed by atoms with E-state index in [0.29, 0.717) is 5.69 Å². The predicted octanol–water partition coefficient (Wildman–Crippen LogP) is 3.13. The molecule has 0 fully saturated rings. The van der Waals surface area contributed by atoms with Crippen LogP contribution in [-0.4, -0.2) is 13.4 Å². The minimum Gasteiger partial charge on any atom is -0.280 e. The van der Waals surface area contributed by atoms with E-state index in [0.717, 1.165) is 15.6 Å². The lowest BCUT2D eigenvalue weighted by Gasteiger charge is -2.11. The summed E-state index contributed by atoms with van der Waals surface area (Å²) < 4.78 is 28.2. The number of sulfonamides is 1.